The van der Waals surface area contributed by atoms with Crippen LogP contribution in [0.4, 0.5) is 5.69 Å². The molecule has 26 heavy (non-hydrogen) atoms. The predicted molar refractivity (Wildman–Crippen MR) is 107 cm³/mol. The van der Waals surface area contributed by atoms with E-state index in [1.807, 2.05) is 0 Å². The summed E-state index contributed by atoms with van der Waals surface area (Å²) in [5.74, 6) is 2.34. The van der Waals surface area contributed by atoms with Crippen molar-refractivity contribution >= 4 is 17.3 Å². The number of hydrogen-bond acceptors (Lipinski definition) is 2. The molecule has 5 rings (SSSR count). The van der Waals surface area contributed by atoms with Gasteiger partial charge >= 0.3 is 0 Å². The van der Waals surface area contributed by atoms with Crippen molar-refractivity contribution < 1.29 is 4.42 Å². The van der Waals surface area contributed by atoms with Crippen LogP contribution in [0.2, 0.25) is 0 Å². The van der Waals surface area contributed by atoms with Gasteiger partial charge in [0, 0.05) is 29.7 Å². The summed E-state index contributed by atoms with van der Waals surface area (Å²) in [5.41, 5.74) is 6.62. The van der Waals surface area contributed by atoms with Crippen molar-refractivity contribution in [3.8, 4) is 0 Å². The van der Waals surface area contributed by atoms with Gasteiger partial charge in [-0.05, 0) is 48.6 Å². The molecule has 1 N–H and O–H groups in total. The molecule has 2 aliphatic carbocycles. The smallest absolute Gasteiger partial charge is 0.134 e. The minimum Gasteiger partial charge on any atom is -0.463 e. The minimum absolute atomic E-state index is 0.179. The Hall–Kier alpha value is -2.74. The first-order valence-electron chi connectivity index (χ1n) is 9.60. The number of benzene rings is 2. The number of furan rings is 1. The zero-order valence-electron chi connectivity index (χ0n) is 14.9. The van der Waals surface area contributed by atoms with E-state index < -0.39 is 0 Å². The lowest BCUT2D eigenvalue weighted by molar-refractivity contribution is 0.426. The maximum atomic E-state index is 6.39. The molecule has 0 spiro atoms. The Balaban J connectivity index is 1.59. The molecular formula is C24H23NO. The van der Waals surface area contributed by atoms with Gasteiger partial charge in [0.05, 0.1) is 6.04 Å². The van der Waals surface area contributed by atoms with Crippen molar-refractivity contribution in [2.24, 2.45) is 0 Å². The minimum atomic E-state index is 0.179. The van der Waals surface area contributed by atoms with E-state index in [-0.39, 0.29) is 6.04 Å². The summed E-state index contributed by atoms with van der Waals surface area (Å²) in [6, 6.07) is 21.4. The maximum Gasteiger partial charge on any atom is 0.134 e. The van der Waals surface area contributed by atoms with Gasteiger partial charge in [-0.1, -0.05) is 48.5 Å². The molecule has 0 radical (unpaired) electrons. The van der Waals surface area contributed by atoms with E-state index in [4.69, 9.17) is 4.42 Å². The number of hydrogen-bond donors (Lipinski definition) is 1. The van der Waals surface area contributed by atoms with E-state index in [0.29, 0.717) is 0 Å². The standard InChI is InChI=1S/C24H23NO/c1-3-9-17(10-4-1)18-15-21-20-13-7-8-14-23(20)26-24(21)22(16-18)25-19-11-5-2-6-12-19/h1-6,9-12,15,22,25H,7-8,13-14,16H2. The van der Waals surface area contributed by atoms with E-state index in [0.717, 1.165) is 30.7 Å². The van der Waals surface area contributed by atoms with Crippen LogP contribution in [0, 0.1) is 0 Å². The van der Waals surface area contributed by atoms with Gasteiger partial charge in [-0.2, -0.15) is 0 Å². The van der Waals surface area contributed by atoms with E-state index in [9.17, 15) is 0 Å². The summed E-state index contributed by atoms with van der Waals surface area (Å²) < 4.78 is 6.39. The lowest BCUT2D eigenvalue weighted by atomic mass is 9.85. The second-order valence-electron chi connectivity index (χ2n) is 7.29. The third-order valence-corrected chi connectivity index (χ3v) is 5.56. The molecule has 1 unspecified atom stereocenters. The van der Waals surface area contributed by atoms with Gasteiger partial charge in [-0.3, -0.25) is 0 Å². The van der Waals surface area contributed by atoms with Crippen LogP contribution in [0.3, 0.4) is 0 Å². The summed E-state index contributed by atoms with van der Waals surface area (Å²) in [7, 11) is 0. The van der Waals surface area contributed by atoms with Gasteiger partial charge in [-0.15, -0.1) is 0 Å². The molecule has 0 saturated carbocycles. The second-order valence-corrected chi connectivity index (χ2v) is 7.29. The molecule has 2 nitrogen and oxygen atoms in total. The molecule has 0 saturated heterocycles. The van der Waals surface area contributed by atoms with Gasteiger partial charge in [-0.25, -0.2) is 0 Å². The Bertz CT molecular complexity index is 937. The van der Waals surface area contributed by atoms with Crippen LogP contribution in [0.15, 0.2) is 65.1 Å². The summed E-state index contributed by atoms with van der Waals surface area (Å²) in [4.78, 5) is 0. The zero-order valence-corrected chi connectivity index (χ0v) is 14.9. The third-order valence-electron chi connectivity index (χ3n) is 5.56. The summed E-state index contributed by atoms with van der Waals surface area (Å²) in [6.45, 7) is 0. The summed E-state index contributed by atoms with van der Waals surface area (Å²) in [6.07, 6.45) is 8.05. The van der Waals surface area contributed by atoms with Crippen LogP contribution in [-0.2, 0) is 12.8 Å². The third kappa shape index (κ3) is 2.76. The molecule has 3 aromatic rings. The van der Waals surface area contributed by atoms with Crippen LogP contribution in [0.25, 0.3) is 11.6 Å². The zero-order chi connectivity index (χ0) is 17.3. The van der Waals surface area contributed by atoms with Gasteiger partial charge in [0.1, 0.15) is 11.5 Å². The molecule has 0 fully saturated rings. The summed E-state index contributed by atoms with van der Waals surface area (Å²) in [5, 5.41) is 3.71. The molecular weight excluding hydrogens is 318 g/mol. The fourth-order valence-corrected chi connectivity index (χ4v) is 4.28. The molecule has 2 heteroatoms. The lowest BCUT2D eigenvalue weighted by Gasteiger charge is -2.25. The van der Waals surface area contributed by atoms with Crippen molar-refractivity contribution in [1.82, 2.24) is 0 Å². The number of nitrogens with one attached hydrogen (secondary N) is 1. The number of anilines is 1. The topological polar surface area (TPSA) is 25.2 Å². The number of fused-ring (bicyclic) bond motifs is 3. The molecule has 2 aliphatic rings. The normalized spacial score (nSPS) is 18.6. The van der Waals surface area contributed by atoms with E-state index >= 15 is 0 Å². The molecule has 2 aromatic carbocycles. The average molecular weight is 341 g/mol. The van der Waals surface area contributed by atoms with Crippen LogP contribution in [0.1, 0.15) is 53.5 Å². The van der Waals surface area contributed by atoms with Crippen LogP contribution in [-0.4, -0.2) is 0 Å². The maximum absolute atomic E-state index is 6.39. The quantitative estimate of drug-likeness (QED) is 0.608. The molecule has 130 valence electrons. The number of para-hydroxylation sites is 1. The first kappa shape index (κ1) is 15.5. The first-order chi connectivity index (χ1) is 12.9. The number of aryl methyl sites for hydroxylation is 1. The van der Waals surface area contributed by atoms with E-state index in [1.165, 1.54) is 40.9 Å². The highest BCUT2D eigenvalue weighted by Gasteiger charge is 2.30. The number of rotatable bonds is 3. The molecule has 1 aromatic heterocycles. The monoisotopic (exact) mass is 341 g/mol. The highest BCUT2D eigenvalue weighted by Crippen LogP contribution is 2.43. The van der Waals surface area contributed by atoms with Gasteiger partial charge < -0.3 is 9.73 Å². The second kappa shape index (κ2) is 6.53. The van der Waals surface area contributed by atoms with E-state index in [2.05, 4.69) is 72.1 Å². The average Bonchev–Trinajstić information content (AvgIpc) is 3.09. The van der Waals surface area contributed by atoms with Crippen molar-refractivity contribution in [2.75, 3.05) is 5.32 Å². The van der Waals surface area contributed by atoms with Crippen LogP contribution in [0.5, 0.6) is 0 Å². The largest absolute Gasteiger partial charge is 0.463 e. The van der Waals surface area contributed by atoms with Gasteiger partial charge in [0.2, 0.25) is 0 Å². The Morgan fingerprint density at radius 2 is 1.58 bits per heavy atom. The van der Waals surface area contributed by atoms with Crippen molar-refractivity contribution in [1.29, 1.82) is 0 Å². The molecule has 1 heterocycles. The Labute approximate surface area is 154 Å². The Morgan fingerprint density at radius 3 is 2.38 bits per heavy atom. The van der Waals surface area contributed by atoms with Crippen LogP contribution < -0.4 is 5.32 Å². The lowest BCUT2D eigenvalue weighted by Crippen LogP contribution is -2.15. The van der Waals surface area contributed by atoms with Crippen molar-refractivity contribution in [3.63, 3.8) is 0 Å². The Kier molecular flexibility index (Phi) is 3.89. The highest BCUT2D eigenvalue weighted by atomic mass is 16.3. The van der Waals surface area contributed by atoms with Crippen molar-refractivity contribution in [2.45, 2.75) is 38.1 Å². The first-order valence-corrected chi connectivity index (χ1v) is 9.60. The fraction of sp³-hybridized carbons (Fsp3) is 0.250. The fourth-order valence-electron chi connectivity index (χ4n) is 4.28. The van der Waals surface area contributed by atoms with Crippen molar-refractivity contribution in [3.05, 3.63) is 88.9 Å². The van der Waals surface area contributed by atoms with Gasteiger partial charge in [0.15, 0.2) is 0 Å². The molecule has 0 amide bonds. The molecule has 0 bridgehead atoms. The van der Waals surface area contributed by atoms with E-state index in [1.54, 1.807) is 0 Å². The summed E-state index contributed by atoms with van der Waals surface area (Å²) >= 11 is 0. The SMILES string of the molecule is C1=C(c2ccccc2)CC(Nc2ccccc2)c2oc3c(c21)CCCC3. The van der Waals surface area contributed by atoms with Gasteiger partial charge in [0.25, 0.3) is 0 Å². The predicted octanol–water partition coefficient (Wildman–Crippen LogP) is 6.26. The van der Waals surface area contributed by atoms with Crippen LogP contribution >= 0.6 is 0 Å². The molecule has 1 atom stereocenters. The highest BCUT2D eigenvalue weighted by molar-refractivity contribution is 5.86. The molecule has 0 aliphatic heterocycles. The Morgan fingerprint density at radius 1 is 0.846 bits per heavy atom.